The molecule has 14 heavy (non-hydrogen) atoms. The molecule has 0 spiro atoms. The Morgan fingerprint density at radius 3 is 3.00 bits per heavy atom. The molecule has 0 saturated heterocycles. The molecule has 0 unspecified atom stereocenters. The quantitative estimate of drug-likeness (QED) is 0.651. The summed E-state index contributed by atoms with van der Waals surface area (Å²) in [6.07, 6.45) is 5.86. The predicted octanol–water partition coefficient (Wildman–Crippen LogP) is -0.391. The highest BCUT2D eigenvalue weighted by Crippen LogP contribution is 1.84. The lowest BCUT2D eigenvalue weighted by Crippen LogP contribution is -2.29. The zero-order chi connectivity index (χ0) is 10.2. The minimum atomic E-state index is 0.0828. The van der Waals surface area contributed by atoms with Gasteiger partial charge in [0.25, 0.3) is 0 Å². The topological polar surface area (TPSA) is 59.0 Å². The summed E-state index contributed by atoms with van der Waals surface area (Å²) in [6, 6.07) is 0. The molecule has 78 valence electrons. The van der Waals surface area contributed by atoms with Gasteiger partial charge in [0.1, 0.15) is 0 Å². The van der Waals surface area contributed by atoms with Crippen molar-refractivity contribution in [3.05, 3.63) is 18.7 Å². The van der Waals surface area contributed by atoms with Crippen molar-refractivity contribution in [2.45, 2.75) is 13.0 Å². The van der Waals surface area contributed by atoms with Gasteiger partial charge >= 0.3 is 0 Å². The van der Waals surface area contributed by atoms with Crippen molar-refractivity contribution in [2.75, 3.05) is 20.1 Å². The molecule has 1 heterocycles. The highest BCUT2D eigenvalue weighted by molar-refractivity contribution is 5.75. The highest BCUT2D eigenvalue weighted by atomic mass is 16.1. The van der Waals surface area contributed by atoms with Crippen molar-refractivity contribution in [3.63, 3.8) is 0 Å². The minimum Gasteiger partial charge on any atom is -0.354 e. The van der Waals surface area contributed by atoms with Crippen LogP contribution in [0, 0.1) is 0 Å². The van der Waals surface area contributed by atoms with Crippen LogP contribution in [0.3, 0.4) is 0 Å². The maximum Gasteiger partial charge on any atom is 0.221 e. The summed E-state index contributed by atoms with van der Waals surface area (Å²) in [5.41, 5.74) is 0. The Kier molecular flexibility index (Phi) is 4.71. The fourth-order valence-electron chi connectivity index (χ4n) is 1.07. The molecule has 1 amide bonds. The van der Waals surface area contributed by atoms with Gasteiger partial charge in [-0.3, -0.25) is 4.79 Å². The first kappa shape index (κ1) is 10.7. The van der Waals surface area contributed by atoms with Crippen LogP contribution in [0.15, 0.2) is 18.7 Å². The normalized spacial score (nSPS) is 10.1. The van der Waals surface area contributed by atoms with Crippen LogP contribution in [-0.4, -0.2) is 35.6 Å². The van der Waals surface area contributed by atoms with E-state index in [4.69, 9.17) is 0 Å². The zero-order valence-corrected chi connectivity index (χ0v) is 8.36. The molecule has 2 N–H and O–H groups in total. The van der Waals surface area contributed by atoms with Gasteiger partial charge in [-0.2, -0.15) is 0 Å². The Morgan fingerprint density at radius 2 is 2.36 bits per heavy atom. The molecule has 0 bridgehead atoms. The molecule has 0 fully saturated rings. The summed E-state index contributed by atoms with van der Waals surface area (Å²) in [5, 5.41) is 5.75. The van der Waals surface area contributed by atoms with E-state index in [1.807, 2.05) is 17.8 Å². The number of hydrogen-bond acceptors (Lipinski definition) is 3. The average molecular weight is 196 g/mol. The maximum atomic E-state index is 11.2. The number of aromatic nitrogens is 2. The molecule has 0 aliphatic heterocycles. The number of amides is 1. The first-order valence-electron chi connectivity index (χ1n) is 4.70. The Labute approximate surface area is 83.5 Å². The first-order chi connectivity index (χ1) is 6.83. The van der Waals surface area contributed by atoms with Crippen LogP contribution < -0.4 is 10.6 Å². The van der Waals surface area contributed by atoms with Gasteiger partial charge in [-0.25, -0.2) is 4.98 Å². The fourth-order valence-corrected chi connectivity index (χ4v) is 1.07. The Balaban J connectivity index is 2.06. The van der Waals surface area contributed by atoms with Gasteiger partial charge in [0, 0.05) is 38.4 Å². The van der Waals surface area contributed by atoms with E-state index in [2.05, 4.69) is 15.6 Å². The summed E-state index contributed by atoms with van der Waals surface area (Å²) in [5.74, 6) is 0.0828. The van der Waals surface area contributed by atoms with Gasteiger partial charge in [0.15, 0.2) is 0 Å². The number of carbonyl (C=O) groups excluding carboxylic acids is 1. The van der Waals surface area contributed by atoms with E-state index in [0.717, 1.165) is 13.1 Å². The zero-order valence-electron chi connectivity index (χ0n) is 8.36. The number of rotatable bonds is 6. The molecule has 0 aliphatic rings. The van der Waals surface area contributed by atoms with E-state index in [9.17, 15) is 4.79 Å². The van der Waals surface area contributed by atoms with Gasteiger partial charge in [0.05, 0.1) is 6.33 Å². The molecule has 0 aromatic carbocycles. The van der Waals surface area contributed by atoms with Crippen LogP contribution in [0.25, 0.3) is 0 Å². The molecule has 0 aliphatic carbocycles. The molecule has 1 aromatic heterocycles. The van der Waals surface area contributed by atoms with Gasteiger partial charge in [0.2, 0.25) is 5.91 Å². The van der Waals surface area contributed by atoms with E-state index in [1.165, 1.54) is 0 Å². The van der Waals surface area contributed by atoms with E-state index in [0.29, 0.717) is 13.0 Å². The van der Waals surface area contributed by atoms with Crippen molar-refractivity contribution >= 4 is 5.91 Å². The third kappa shape index (κ3) is 4.04. The summed E-state index contributed by atoms with van der Waals surface area (Å²) in [6.45, 7) is 2.14. The number of nitrogens with one attached hydrogen (secondary N) is 2. The van der Waals surface area contributed by atoms with Crippen molar-refractivity contribution in [1.82, 2.24) is 20.2 Å². The minimum absolute atomic E-state index is 0.0828. The molecule has 1 rings (SSSR count). The molecule has 0 radical (unpaired) electrons. The monoisotopic (exact) mass is 196 g/mol. The SMILES string of the molecule is CNCCC(=O)NCCn1ccnc1. The Morgan fingerprint density at radius 1 is 1.50 bits per heavy atom. The van der Waals surface area contributed by atoms with Crippen LogP contribution in [-0.2, 0) is 11.3 Å². The standard InChI is InChI=1S/C9H16N4O/c1-10-3-2-9(14)12-5-7-13-6-4-11-8-13/h4,6,8,10H,2-3,5,7H2,1H3,(H,12,14). The number of nitrogens with zero attached hydrogens (tertiary/aromatic N) is 2. The van der Waals surface area contributed by atoms with E-state index in [1.54, 1.807) is 12.5 Å². The van der Waals surface area contributed by atoms with Crippen LogP contribution in [0.5, 0.6) is 0 Å². The predicted molar refractivity (Wildman–Crippen MR) is 53.8 cm³/mol. The van der Waals surface area contributed by atoms with Crippen LogP contribution in [0.1, 0.15) is 6.42 Å². The summed E-state index contributed by atoms with van der Waals surface area (Å²) in [4.78, 5) is 15.1. The summed E-state index contributed by atoms with van der Waals surface area (Å²) in [7, 11) is 1.83. The van der Waals surface area contributed by atoms with Gasteiger partial charge in [-0.15, -0.1) is 0 Å². The second kappa shape index (κ2) is 6.15. The summed E-state index contributed by atoms with van der Waals surface area (Å²) >= 11 is 0. The Bertz CT molecular complexity index is 258. The lowest BCUT2D eigenvalue weighted by molar-refractivity contribution is -0.121. The number of carbonyl (C=O) groups is 1. The van der Waals surface area contributed by atoms with E-state index >= 15 is 0 Å². The second-order valence-electron chi connectivity index (χ2n) is 3.00. The second-order valence-corrected chi connectivity index (χ2v) is 3.00. The van der Waals surface area contributed by atoms with Crippen molar-refractivity contribution in [2.24, 2.45) is 0 Å². The highest BCUT2D eigenvalue weighted by Gasteiger charge is 1.98. The van der Waals surface area contributed by atoms with Crippen LogP contribution in [0.4, 0.5) is 0 Å². The number of hydrogen-bond donors (Lipinski definition) is 2. The third-order valence-electron chi connectivity index (χ3n) is 1.85. The van der Waals surface area contributed by atoms with Crippen molar-refractivity contribution in [3.8, 4) is 0 Å². The van der Waals surface area contributed by atoms with Gasteiger partial charge in [-0.1, -0.05) is 0 Å². The van der Waals surface area contributed by atoms with Crippen molar-refractivity contribution in [1.29, 1.82) is 0 Å². The van der Waals surface area contributed by atoms with E-state index in [-0.39, 0.29) is 5.91 Å². The van der Waals surface area contributed by atoms with Crippen molar-refractivity contribution < 1.29 is 4.79 Å². The lowest BCUT2D eigenvalue weighted by Gasteiger charge is -2.05. The van der Waals surface area contributed by atoms with Gasteiger partial charge in [-0.05, 0) is 7.05 Å². The molecule has 1 aromatic rings. The van der Waals surface area contributed by atoms with Gasteiger partial charge < -0.3 is 15.2 Å². The molecular weight excluding hydrogens is 180 g/mol. The smallest absolute Gasteiger partial charge is 0.221 e. The average Bonchev–Trinajstić information content (AvgIpc) is 2.67. The molecule has 0 atom stereocenters. The third-order valence-corrected chi connectivity index (χ3v) is 1.85. The maximum absolute atomic E-state index is 11.2. The lowest BCUT2D eigenvalue weighted by atomic mass is 10.4. The van der Waals surface area contributed by atoms with Crippen LogP contribution in [0.2, 0.25) is 0 Å². The molecule has 5 nitrogen and oxygen atoms in total. The van der Waals surface area contributed by atoms with Crippen LogP contribution >= 0.6 is 0 Å². The molecular formula is C9H16N4O. The summed E-state index contributed by atoms with van der Waals surface area (Å²) < 4.78 is 1.93. The van der Waals surface area contributed by atoms with E-state index < -0.39 is 0 Å². The number of imidazole rings is 1. The molecule has 0 saturated carbocycles. The largest absolute Gasteiger partial charge is 0.354 e. The fraction of sp³-hybridized carbons (Fsp3) is 0.556. The Hall–Kier alpha value is -1.36. The first-order valence-corrected chi connectivity index (χ1v) is 4.70. The molecule has 5 heteroatoms.